The van der Waals surface area contributed by atoms with E-state index in [1.165, 1.54) is 30.6 Å². The molecular weight excluding hydrogens is 348 g/mol. The summed E-state index contributed by atoms with van der Waals surface area (Å²) < 4.78 is 6.12. The first-order chi connectivity index (χ1) is 12.7. The third-order valence-electron chi connectivity index (χ3n) is 5.71. The monoisotopic (exact) mass is 370 g/mol. The van der Waals surface area contributed by atoms with E-state index in [2.05, 4.69) is 27.4 Å². The molecule has 0 radical (unpaired) electrons. The van der Waals surface area contributed by atoms with Crippen LogP contribution in [0.2, 0.25) is 0 Å². The molecule has 0 aromatic carbocycles. The molecule has 1 saturated carbocycles. The fraction of sp³-hybridized carbons (Fsp3) is 0.526. The number of aromatic nitrogens is 2. The van der Waals surface area contributed by atoms with Crippen LogP contribution in [0.15, 0.2) is 17.4 Å². The van der Waals surface area contributed by atoms with Crippen LogP contribution in [0.1, 0.15) is 60.2 Å². The fourth-order valence-corrected chi connectivity index (χ4v) is 5.35. The van der Waals surface area contributed by atoms with Crippen molar-refractivity contribution in [3.05, 3.63) is 22.8 Å². The van der Waals surface area contributed by atoms with Crippen molar-refractivity contribution in [3.63, 3.8) is 0 Å². The summed E-state index contributed by atoms with van der Waals surface area (Å²) in [6.07, 6.45) is 9.31. The number of ether oxygens (including phenoxy) is 1. The number of aromatic amines is 1. The van der Waals surface area contributed by atoms with Gasteiger partial charge in [-0.1, -0.05) is 6.42 Å². The summed E-state index contributed by atoms with van der Waals surface area (Å²) in [5.74, 6) is 0.908. The maximum Gasteiger partial charge on any atom is 0.287 e. The standard InChI is InChI=1S/C19H22N4O2S/c1-10(22-12-4-2-5-12)15-13-6-3-7-25-16-14(13)18(19(24)23-15)26-17(16)11-8-20-21-9-11/h8-10,12-13,22H,2-7H2,1H3,(H,20,21). The lowest BCUT2D eigenvalue weighted by atomic mass is 9.83. The van der Waals surface area contributed by atoms with E-state index in [0.29, 0.717) is 12.6 Å². The third kappa shape index (κ3) is 2.53. The van der Waals surface area contributed by atoms with E-state index >= 15 is 0 Å². The van der Waals surface area contributed by atoms with Crippen molar-refractivity contribution in [1.82, 2.24) is 15.5 Å². The molecule has 4 heterocycles. The molecule has 2 aliphatic heterocycles. The molecule has 0 bridgehead atoms. The largest absolute Gasteiger partial charge is 0.492 e. The number of hydrogen-bond donors (Lipinski definition) is 2. The minimum absolute atomic E-state index is 0.116. The maximum absolute atomic E-state index is 12.8. The van der Waals surface area contributed by atoms with Crippen LogP contribution < -0.4 is 10.1 Å². The minimum Gasteiger partial charge on any atom is -0.492 e. The summed E-state index contributed by atoms with van der Waals surface area (Å²) in [6, 6.07) is 0.681. The van der Waals surface area contributed by atoms with Crippen molar-refractivity contribution in [3.8, 4) is 16.2 Å². The third-order valence-corrected chi connectivity index (χ3v) is 6.93. The van der Waals surface area contributed by atoms with Gasteiger partial charge in [-0.05, 0) is 32.6 Å². The van der Waals surface area contributed by atoms with Crippen LogP contribution in [0.25, 0.3) is 10.4 Å². The lowest BCUT2D eigenvalue weighted by molar-refractivity contribution is 0.100. The first-order valence-electron chi connectivity index (χ1n) is 9.40. The Morgan fingerprint density at radius 2 is 2.19 bits per heavy atom. The van der Waals surface area contributed by atoms with E-state index in [1.54, 1.807) is 6.20 Å². The molecule has 0 spiro atoms. The molecule has 6 nitrogen and oxygen atoms in total. The van der Waals surface area contributed by atoms with Gasteiger partial charge in [-0.2, -0.15) is 5.10 Å². The summed E-state index contributed by atoms with van der Waals surface area (Å²) in [5.41, 5.74) is 3.01. The second kappa shape index (κ2) is 6.32. The molecule has 5 rings (SSSR count). The number of aliphatic imine (C=N–C) groups is 1. The van der Waals surface area contributed by atoms with Crippen LogP contribution >= 0.6 is 11.3 Å². The number of carbonyl (C=O) groups excluding carboxylic acids is 1. The molecule has 2 N–H and O–H groups in total. The summed E-state index contributed by atoms with van der Waals surface area (Å²) in [7, 11) is 0. The number of carbonyl (C=O) groups is 1. The lowest BCUT2D eigenvalue weighted by Gasteiger charge is -2.33. The van der Waals surface area contributed by atoms with Crippen molar-refractivity contribution in [1.29, 1.82) is 0 Å². The van der Waals surface area contributed by atoms with E-state index in [9.17, 15) is 4.79 Å². The minimum atomic E-state index is -0.125. The van der Waals surface area contributed by atoms with Gasteiger partial charge in [0.2, 0.25) is 0 Å². The number of hydrogen-bond acceptors (Lipinski definition) is 5. The zero-order chi connectivity index (χ0) is 17.7. The normalized spacial score (nSPS) is 23.5. The first-order valence-corrected chi connectivity index (χ1v) is 10.2. The Balaban J connectivity index is 1.57. The average molecular weight is 370 g/mol. The van der Waals surface area contributed by atoms with Crippen molar-refractivity contribution < 1.29 is 9.53 Å². The highest BCUT2D eigenvalue weighted by Gasteiger charge is 2.39. The van der Waals surface area contributed by atoms with E-state index in [4.69, 9.17) is 4.74 Å². The summed E-state index contributed by atoms with van der Waals surface area (Å²) in [6.45, 7) is 2.82. The molecule has 1 aliphatic carbocycles. The van der Waals surface area contributed by atoms with Crippen LogP contribution in [0.4, 0.5) is 0 Å². The van der Waals surface area contributed by atoms with Crippen LogP contribution in [-0.2, 0) is 0 Å². The Morgan fingerprint density at radius 3 is 2.92 bits per heavy atom. The summed E-state index contributed by atoms with van der Waals surface area (Å²) >= 11 is 1.49. The highest BCUT2D eigenvalue weighted by molar-refractivity contribution is 7.18. The molecule has 0 saturated heterocycles. The van der Waals surface area contributed by atoms with Crippen LogP contribution in [0, 0.1) is 0 Å². The van der Waals surface area contributed by atoms with Crippen LogP contribution in [0.5, 0.6) is 5.75 Å². The molecule has 26 heavy (non-hydrogen) atoms. The zero-order valence-electron chi connectivity index (χ0n) is 14.7. The quantitative estimate of drug-likeness (QED) is 0.863. The van der Waals surface area contributed by atoms with Gasteiger partial charge in [-0.25, -0.2) is 4.99 Å². The topological polar surface area (TPSA) is 79.4 Å². The Bertz CT molecular complexity index is 866. The van der Waals surface area contributed by atoms with E-state index in [0.717, 1.165) is 45.2 Å². The molecule has 2 unspecified atom stereocenters. The summed E-state index contributed by atoms with van der Waals surface area (Å²) in [5, 5.41) is 10.6. The molecule has 2 aromatic heterocycles. The van der Waals surface area contributed by atoms with E-state index in [1.807, 2.05) is 6.20 Å². The Kier molecular flexibility index (Phi) is 3.94. The first kappa shape index (κ1) is 16.2. The summed E-state index contributed by atoms with van der Waals surface area (Å²) in [4.78, 5) is 19.1. The van der Waals surface area contributed by atoms with E-state index < -0.39 is 0 Å². The molecule has 3 aliphatic rings. The van der Waals surface area contributed by atoms with Crippen molar-refractivity contribution in [2.75, 3.05) is 6.61 Å². The molecule has 2 aromatic rings. The lowest BCUT2D eigenvalue weighted by Crippen LogP contribution is -2.47. The fourth-order valence-electron chi connectivity index (χ4n) is 4.17. The highest BCUT2D eigenvalue weighted by Crippen LogP contribution is 2.50. The van der Waals surface area contributed by atoms with Crippen molar-refractivity contribution in [2.45, 2.75) is 57.0 Å². The Labute approximate surface area is 156 Å². The van der Waals surface area contributed by atoms with Gasteiger partial charge in [0.25, 0.3) is 5.91 Å². The van der Waals surface area contributed by atoms with Crippen LogP contribution in [-0.4, -0.2) is 40.5 Å². The molecule has 7 heteroatoms. The number of thiophene rings is 1. The SMILES string of the molecule is CC(NC1CCC1)C1=NC(=O)c2sc(-c3cn[nH]c3)c3c2C1CCCO3. The molecule has 1 amide bonds. The average Bonchev–Trinajstić information content (AvgIpc) is 3.19. The van der Waals surface area contributed by atoms with E-state index in [-0.39, 0.29) is 17.9 Å². The van der Waals surface area contributed by atoms with Gasteiger partial charge in [0.05, 0.1) is 17.7 Å². The van der Waals surface area contributed by atoms with Crippen molar-refractivity contribution in [2.24, 2.45) is 4.99 Å². The highest BCUT2D eigenvalue weighted by atomic mass is 32.1. The second-order valence-electron chi connectivity index (χ2n) is 7.39. The number of rotatable bonds is 4. The smallest absolute Gasteiger partial charge is 0.287 e. The number of amides is 1. The number of H-pyrrole nitrogens is 1. The molecule has 1 fully saturated rings. The molecule has 2 atom stereocenters. The Hall–Kier alpha value is -1.99. The predicted octanol–water partition coefficient (Wildman–Crippen LogP) is 3.52. The second-order valence-corrected chi connectivity index (χ2v) is 8.41. The number of nitrogens with one attached hydrogen (secondary N) is 2. The van der Waals surface area contributed by atoms with Crippen molar-refractivity contribution >= 4 is 23.0 Å². The van der Waals surface area contributed by atoms with Gasteiger partial charge in [0.1, 0.15) is 10.6 Å². The van der Waals surface area contributed by atoms with Crippen LogP contribution in [0.3, 0.4) is 0 Å². The maximum atomic E-state index is 12.8. The predicted molar refractivity (Wildman–Crippen MR) is 101 cm³/mol. The van der Waals surface area contributed by atoms with Gasteiger partial charge in [0.15, 0.2) is 0 Å². The molecule has 136 valence electrons. The Morgan fingerprint density at radius 1 is 1.31 bits per heavy atom. The van der Waals surface area contributed by atoms with Gasteiger partial charge < -0.3 is 10.1 Å². The zero-order valence-corrected chi connectivity index (χ0v) is 15.6. The van der Waals surface area contributed by atoms with Gasteiger partial charge in [0, 0.05) is 41.0 Å². The van der Waals surface area contributed by atoms with Gasteiger partial charge >= 0.3 is 0 Å². The number of nitrogens with zero attached hydrogens (tertiary/aromatic N) is 2. The van der Waals surface area contributed by atoms with Gasteiger partial charge in [-0.15, -0.1) is 11.3 Å². The van der Waals surface area contributed by atoms with Gasteiger partial charge in [-0.3, -0.25) is 9.89 Å². The molecular formula is C19H22N4O2S.